The van der Waals surface area contributed by atoms with Gasteiger partial charge in [-0.15, -0.1) is 11.3 Å². The second-order valence-corrected chi connectivity index (χ2v) is 8.20. The topological polar surface area (TPSA) is 67.2 Å². The van der Waals surface area contributed by atoms with Crippen LogP contribution in [0.5, 0.6) is 0 Å². The normalized spacial score (nSPS) is 19.8. The highest BCUT2D eigenvalue weighted by Crippen LogP contribution is 2.33. The van der Waals surface area contributed by atoms with Crippen LogP contribution in [0.4, 0.5) is 0 Å². The average molecular weight is 340 g/mol. The Morgan fingerprint density at radius 2 is 2.36 bits per heavy atom. The Hall–Kier alpha value is -1.22. The van der Waals surface area contributed by atoms with Crippen LogP contribution in [0, 0.1) is 0 Å². The Morgan fingerprint density at radius 1 is 1.50 bits per heavy atom. The van der Waals surface area contributed by atoms with Gasteiger partial charge in [-0.2, -0.15) is 5.10 Å². The minimum Gasteiger partial charge on any atom is -0.294 e. The number of aryl methyl sites for hydroxylation is 1. The fourth-order valence-electron chi connectivity index (χ4n) is 2.84. The molecular weight excluding hydrogens is 320 g/mol. The smallest absolute Gasteiger partial charge is 0.243 e. The zero-order valence-corrected chi connectivity index (χ0v) is 14.1. The summed E-state index contributed by atoms with van der Waals surface area (Å²) in [4.78, 5) is 3.94. The van der Waals surface area contributed by atoms with Gasteiger partial charge in [0.1, 0.15) is 4.90 Å². The molecule has 1 saturated heterocycles. The molecule has 1 aliphatic heterocycles. The molecule has 0 aromatic carbocycles. The summed E-state index contributed by atoms with van der Waals surface area (Å²) in [6.07, 6.45) is 5.19. The van der Waals surface area contributed by atoms with Crippen molar-refractivity contribution in [2.24, 2.45) is 7.05 Å². The molecule has 1 atom stereocenters. The van der Waals surface area contributed by atoms with Crippen LogP contribution in [0.3, 0.4) is 0 Å². The molecule has 22 heavy (non-hydrogen) atoms. The first kappa shape index (κ1) is 15.7. The molecular formula is C14H20N4O2S2. The summed E-state index contributed by atoms with van der Waals surface area (Å²) in [5.74, 6) is 0. The van der Waals surface area contributed by atoms with Crippen molar-refractivity contribution in [3.8, 4) is 0 Å². The van der Waals surface area contributed by atoms with Crippen molar-refractivity contribution < 1.29 is 8.42 Å². The lowest BCUT2D eigenvalue weighted by Gasteiger charge is -2.23. The molecule has 0 radical (unpaired) electrons. The van der Waals surface area contributed by atoms with Crippen LogP contribution in [0.2, 0.25) is 0 Å². The lowest BCUT2D eigenvalue weighted by Crippen LogP contribution is -2.34. The summed E-state index contributed by atoms with van der Waals surface area (Å²) in [7, 11) is -1.76. The van der Waals surface area contributed by atoms with Gasteiger partial charge in [0.05, 0.1) is 6.20 Å². The monoisotopic (exact) mass is 340 g/mol. The third-order valence-corrected chi connectivity index (χ3v) is 6.31. The van der Waals surface area contributed by atoms with Gasteiger partial charge in [-0.25, -0.2) is 13.1 Å². The lowest BCUT2D eigenvalue weighted by molar-refractivity contribution is 0.265. The predicted octanol–water partition coefficient (Wildman–Crippen LogP) is 1.60. The molecule has 0 saturated carbocycles. The lowest BCUT2D eigenvalue weighted by atomic mass is 10.2. The second-order valence-electron chi connectivity index (χ2n) is 5.46. The standard InChI is InChI=1S/C14H20N4O2S2/c1-17-11-12(10-15-17)22(19,20)16-6-8-18-7-2-4-13(18)14-5-3-9-21-14/h3,5,9-11,13,16H,2,4,6-8H2,1H3. The molecule has 6 nitrogen and oxygen atoms in total. The van der Waals surface area contributed by atoms with Gasteiger partial charge in [0, 0.05) is 37.3 Å². The predicted molar refractivity (Wildman–Crippen MR) is 86.3 cm³/mol. The van der Waals surface area contributed by atoms with Crippen molar-refractivity contribution in [2.45, 2.75) is 23.8 Å². The minimum atomic E-state index is -3.46. The van der Waals surface area contributed by atoms with E-state index in [1.807, 2.05) is 0 Å². The number of likely N-dealkylation sites (tertiary alicyclic amines) is 1. The van der Waals surface area contributed by atoms with E-state index in [9.17, 15) is 8.42 Å². The van der Waals surface area contributed by atoms with Gasteiger partial charge in [0.25, 0.3) is 0 Å². The molecule has 1 N–H and O–H groups in total. The maximum Gasteiger partial charge on any atom is 0.243 e. The number of aromatic nitrogens is 2. The summed E-state index contributed by atoms with van der Waals surface area (Å²) < 4.78 is 28.4. The van der Waals surface area contributed by atoms with Crippen LogP contribution in [0.1, 0.15) is 23.8 Å². The molecule has 2 aromatic rings. The van der Waals surface area contributed by atoms with Crippen molar-refractivity contribution in [1.82, 2.24) is 19.4 Å². The quantitative estimate of drug-likeness (QED) is 0.867. The Morgan fingerprint density at radius 3 is 3.05 bits per heavy atom. The molecule has 1 fully saturated rings. The van der Waals surface area contributed by atoms with Crippen molar-refractivity contribution in [2.75, 3.05) is 19.6 Å². The van der Waals surface area contributed by atoms with E-state index in [0.29, 0.717) is 12.6 Å². The van der Waals surface area contributed by atoms with Gasteiger partial charge in [0.2, 0.25) is 10.0 Å². The fourth-order valence-corrected chi connectivity index (χ4v) is 4.74. The van der Waals surface area contributed by atoms with E-state index >= 15 is 0 Å². The van der Waals surface area contributed by atoms with Crippen molar-refractivity contribution >= 4 is 21.4 Å². The number of hydrogen-bond acceptors (Lipinski definition) is 5. The molecule has 0 spiro atoms. The first-order valence-electron chi connectivity index (χ1n) is 7.32. The molecule has 1 aliphatic rings. The van der Waals surface area contributed by atoms with Crippen LogP contribution >= 0.6 is 11.3 Å². The van der Waals surface area contributed by atoms with Crippen LogP contribution in [-0.4, -0.2) is 42.7 Å². The van der Waals surface area contributed by atoms with Crippen molar-refractivity contribution in [1.29, 1.82) is 0 Å². The van der Waals surface area contributed by atoms with Crippen LogP contribution < -0.4 is 4.72 Å². The van der Waals surface area contributed by atoms with Gasteiger partial charge in [-0.05, 0) is 30.8 Å². The fraction of sp³-hybridized carbons (Fsp3) is 0.500. The number of hydrogen-bond donors (Lipinski definition) is 1. The summed E-state index contributed by atoms with van der Waals surface area (Å²) in [5, 5.41) is 6.00. The van der Waals surface area contributed by atoms with E-state index in [4.69, 9.17) is 0 Å². The average Bonchev–Trinajstić information content (AvgIpc) is 3.17. The SMILES string of the molecule is Cn1cc(S(=O)(=O)NCCN2CCCC2c2cccs2)cn1. The highest BCUT2D eigenvalue weighted by Gasteiger charge is 2.26. The Labute approximate surface area is 134 Å². The van der Waals surface area contributed by atoms with Gasteiger partial charge >= 0.3 is 0 Å². The highest BCUT2D eigenvalue weighted by molar-refractivity contribution is 7.89. The molecule has 2 aromatic heterocycles. The largest absolute Gasteiger partial charge is 0.294 e. The minimum absolute atomic E-state index is 0.214. The molecule has 0 bridgehead atoms. The molecule has 3 heterocycles. The first-order valence-corrected chi connectivity index (χ1v) is 9.68. The van der Waals surface area contributed by atoms with E-state index < -0.39 is 10.0 Å². The van der Waals surface area contributed by atoms with Gasteiger partial charge in [-0.3, -0.25) is 9.58 Å². The van der Waals surface area contributed by atoms with Crippen LogP contribution in [0.25, 0.3) is 0 Å². The van der Waals surface area contributed by atoms with Crippen LogP contribution in [-0.2, 0) is 17.1 Å². The molecule has 1 unspecified atom stereocenters. The van der Waals surface area contributed by atoms with Crippen molar-refractivity contribution in [3.63, 3.8) is 0 Å². The first-order chi connectivity index (χ1) is 10.6. The molecule has 0 amide bonds. The third-order valence-electron chi connectivity index (χ3n) is 3.92. The number of thiophene rings is 1. The van der Waals surface area contributed by atoms with E-state index in [1.165, 1.54) is 22.0 Å². The second kappa shape index (κ2) is 6.49. The van der Waals surface area contributed by atoms with Gasteiger partial charge in [-0.1, -0.05) is 6.07 Å². The van der Waals surface area contributed by atoms with E-state index in [1.54, 1.807) is 18.4 Å². The Bertz CT molecular complexity index is 709. The number of rotatable bonds is 6. The Balaban J connectivity index is 1.56. The van der Waals surface area contributed by atoms with Crippen LogP contribution in [0.15, 0.2) is 34.8 Å². The van der Waals surface area contributed by atoms with E-state index in [-0.39, 0.29) is 4.90 Å². The van der Waals surface area contributed by atoms with E-state index in [0.717, 1.165) is 25.9 Å². The zero-order chi connectivity index (χ0) is 15.6. The highest BCUT2D eigenvalue weighted by atomic mass is 32.2. The molecule has 3 rings (SSSR count). The number of nitrogens with zero attached hydrogens (tertiary/aromatic N) is 3. The van der Waals surface area contributed by atoms with Gasteiger partial charge < -0.3 is 0 Å². The Kier molecular flexibility index (Phi) is 4.62. The zero-order valence-electron chi connectivity index (χ0n) is 12.5. The number of sulfonamides is 1. The molecule has 0 aliphatic carbocycles. The van der Waals surface area contributed by atoms with E-state index in [2.05, 4.69) is 32.2 Å². The molecule has 120 valence electrons. The maximum absolute atomic E-state index is 12.1. The maximum atomic E-state index is 12.1. The summed E-state index contributed by atoms with van der Waals surface area (Å²) in [6, 6.07) is 4.66. The third kappa shape index (κ3) is 3.40. The summed E-state index contributed by atoms with van der Waals surface area (Å²) >= 11 is 1.77. The molecule has 8 heteroatoms. The van der Waals surface area contributed by atoms with Gasteiger partial charge in [0.15, 0.2) is 0 Å². The summed E-state index contributed by atoms with van der Waals surface area (Å²) in [6.45, 7) is 2.17. The number of nitrogens with one attached hydrogen (secondary N) is 1. The summed E-state index contributed by atoms with van der Waals surface area (Å²) in [5.41, 5.74) is 0. The van der Waals surface area contributed by atoms with Crippen molar-refractivity contribution in [3.05, 3.63) is 34.8 Å².